The molecule has 0 radical (unpaired) electrons. The largest absolute Gasteiger partial charge is 0.493 e. The van der Waals surface area contributed by atoms with Gasteiger partial charge in [0.15, 0.2) is 0 Å². The van der Waals surface area contributed by atoms with Crippen LogP contribution in [0.25, 0.3) is 0 Å². The molecule has 6 nitrogen and oxygen atoms in total. The van der Waals surface area contributed by atoms with Crippen molar-refractivity contribution in [1.82, 2.24) is 4.90 Å². The average Bonchev–Trinajstić information content (AvgIpc) is 2.81. The molecule has 0 spiro atoms. The molecule has 1 aliphatic rings. The molecule has 6 heteroatoms. The molecule has 0 aromatic heterocycles. The standard InChI is InChI=1S/C17H24N2O4/c18-17(22)14-4-6-15(7-5-14)23-10-8-16(21)19-9-2-1-3-13(11-19)12-20/h4-7,13,20H,1-3,8-12H2,(H2,18,22). The lowest BCUT2D eigenvalue weighted by Crippen LogP contribution is -2.36. The second-order valence-electron chi connectivity index (χ2n) is 5.87. The molecule has 1 heterocycles. The number of amides is 2. The molecule has 1 fully saturated rings. The number of hydrogen-bond donors (Lipinski definition) is 2. The highest BCUT2D eigenvalue weighted by Gasteiger charge is 2.21. The molecule has 1 atom stereocenters. The van der Waals surface area contributed by atoms with E-state index in [9.17, 15) is 14.7 Å². The number of aliphatic hydroxyl groups is 1. The van der Waals surface area contributed by atoms with E-state index in [4.69, 9.17) is 10.5 Å². The fraction of sp³-hybridized carbons (Fsp3) is 0.529. The summed E-state index contributed by atoms with van der Waals surface area (Å²) < 4.78 is 5.54. The summed E-state index contributed by atoms with van der Waals surface area (Å²) in [7, 11) is 0. The molecule has 1 aromatic rings. The van der Waals surface area contributed by atoms with Gasteiger partial charge >= 0.3 is 0 Å². The van der Waals surface area contributed by atoms with Crippen LogP contribution in [0.1, 0.15) is 36.0 Å². The first-order valence-corrected chi connectivity index (χ1v) is 8.01. The number of primary amides is 1. The summed E-state index contributed by atoms with van der Waals surface area (Å²) in [5, 5.41) is 9.31. The monoisotopic (exact) mass is 320 g/mol. The summed E-state index contributed by atoms with van der Waals surface area (Å²) in [5.74, 6) is 0.362. The van der Waals surface area contributed by atoms with E-state index < -0.39 is 5.91 Å². The average molecular weight is 320 g/mol. The fourth-order valence-corrected chi connectivity index (χ4v) is 2.74. The summed E-state index contributed by atoms with van der Waals surface area (Å²) >= 11 is 0. The molecule has 23 heavy (non-hydrogen) atoms. The molecule has 0 aliphatic carbocycles. The lowest BCUT2D eigenvalue weighted by atomic mass is 10.1. The molecular weight excluding hydrogens is 296 g/mol. The SMILES string of the molecule is NC(=O)c1ccc(OCCC(=O)N2CCCCC(CO)C2)cc1. The van der Waals surface area contributed by atoms with Crippen molar-refractivity contribution >= 4 is 11.8 Å². The summed E-state index contributed by atoms with van der Waals surface area (Å²) in [4.78, 5) is 25.1. The zero-order chi connectivity index (χ0) is 16.7. The van der Waals surface area contributed by atoms with Gasteiger partial charge in [-0.05, 0) is 43.0 Å². The third-order valence-electron chi connectivity index (χ3n) is 4.10. The normalized spacial score (nSPS) is 18.3. The van der Waals surface area contributed by atoms with E-state index >= 15 is 0 Å². The van der Waals surface area contributed by atoms with E-state index in [1.165, 1.54) is 0 Å². The van der Waals surface area contributed by atoms with Crippen LogP contribution in [0, 0.1) is 5.92 Å². The summed E-state index contributed by atoms with van der Waals surface area (Å²) in [6.07, 6.45) is 3.31. The van der Waals surface area contributed by atoms with Gasteiger partial charge in [0, 0.05) is 25.3 Å². The van der Waals surface area contributed by atoms with Gasteiger partial charge in [-0.3, -0.25) is 9.59 Å². The van der Waals surface area contributed by atoms with Gasteiger partial charge in [-0.1, -0.05) is 6.42 Å². The summed E-state index contributed by atoms with van der Waals surface area (Å²) in [6, 6.07) is 6.52. The van der Waals surface area contributed by atoms with Crippen LogP contribution in [-0.2, 0) is 4.79 Å². The van der Waals surface area contributed by atoms with Gasteiger partial charge in [0.1, 0.15) is 5.75 Å². The number of likely N-dealkylation sites (tertiary alicyclic amines) is 1. The Morgan fingerprint density at radius 1 is 1.26 bits per heavy atom. The third-order valence-corrected chi connectivity index (χ3v) is 4.10. The third kappa shape index (κ3) is 5.25. The fourth-order valence-electron chi connectivity index (χ4n) is 2.74. The van der Waals surface area contributed by atoms with Crippen LogP contribution in [0.5, 0.6) is 5.75 Å². The molecule has 126 valence electrons. The van der Waals surface area contributed by atoms with Gasteiger partial charge in [0.25, 0.3) is 0 Å². The Morgan fingerprint density at radius 2 is 2.00 bits per heavy atom. The van der Waals surface area contributed by atoms with Crippen LogP contribution >= 0.6 is 0 Å². The molecule has 1 unspecified atom stereocenters. The Bertz CT molecular complexity index is 530. The second-order valence-corrected chi connectivity index (χ2v) is 5.87. The number of benzene rings is 1. The zero-order valence-corrected chi connectivity index (χ0v) is 13.2. The minimum atomic E-state index is -0.480. The minimum absolute atomic E-state index is 0.0547. The van der Waals surface area contributed by atoms with Crippen molar-refractivity contribution in [3.8, 4) is 5.75 Å². The van der Waals surface area contributed by atoms with E-state index in [0.717, 1.165) is 25.8 Å². The number of rotatable bonds is 6. The van der Waals surface area contributed by atoms with Crippen molar-refractivity contribution in [2.24, 2.45) is 11.7 Å². The topological polar surface area (TPSA) is 92.9 Å². The van der Waals surface area contributed by atoms with Crippen LogP contribution in [-0.4, -0.2) is 48.1 Å². The van der Waals surface area contributed by atoms with E-state index in [0.29, 0.717) is 24.3 Å². The molecular formula is C17H24N2O4. The smallest absolute Gasteiger partial charge is 0.248 e. The Morgan fingerprint density at radius 3 is 2.65 bits per heavy atom. The van der Waals surface area contributed by atoms with Crippen molar-refractivity contribution < 1.29 is 19.4 Å². The first-order valence-electron chi connectivity index (χ1n) is 8.01. The second kappa shape index (κ2) is 8.53. The van der Waals surface area contributed by atoms with E-state index in [1.807, 2.05) is 4.90 Å². The molecule has 0 bridgehead atoms. The number of ether oxygens (including phenoxy) is 1. The van der Waals surface area contributed by atoms with Crippen LogP contribution in [0.15, 0.2) is 24.3 Å². The highest BCUT2D eigenvalue weighted by atomic mass is 16.5. The highest BCUT2D eigenvalue weighted by Crippen LogP contribution is 2.17. The molecule has 1 aliphatic heterocycles. The lowest BCUT2D eigenvalue weighted by molar-refractivity contribution is -0.132. The summed E-state index contributed by atoms with van der Waals surface area (Å²) in [6.45, 7) is 1.80. The summed E-state index contributed by atoms with van der Waals surface area (Å²) in [5.41, 5.74) is 5.60. The maximum atomic E-state index is 12.2. The molecule has 1 aromatic carbocycles. The predicted octanol–water partition coefficient (Wildman–Crippen LogP) is 1.18. The minimum Gasteiger partial charge on any atom is -0.493 e. The number of carbonyl (C=O) groups excluding carboxylic acids is 2. The van der Waals surface area contributed by atoms with E-state index in [2.05, 4.69) is 0 Å². The van der Waals surface area contributed by atoms with Gasteiger partial charge in [-0.2, -0.15) is 0 Å². The van der Waals surface area contributed by atoms with Gasteiger partial charge in [0.2, 0.25) is 11.8 Å². The number of aliphatic hydroxyl groups excluding tert-OH is 1. The Kier molecular flexibility index (Phi) is 6.40. The van der Waals surface area contributed by atoms with Crippen LogP contribution in [0.3, 0.4) is 0 Å². The molecule has 3 N–H and O–H groups in total. The Labute approximate surface area is 136 Å². The molecule has 0 saturated carbocycles. The van der Waals surface area contributed by atoms with Crippen molar-refractivity contribution in [2.45, 2.75) is 25.7 Å². The maximum Gasteiger partial charge on any atom is 0.248 e. The Balaban J connectivity index is 1.78. The number of nitrogens with two attached hydrogens (primary N) is 1. The Hall–Kier alpha value is -2.08. The zero-order valence-electron chi connectivity index (χ0n) is 13.2. The maximum absolute atomic E-state index is 12.2. The van der Waals surface area contributed by atoms with E-state index in [-0.39, 0.29) is 25.0 Å². The van der Waals surface area contributed by atoms with Crippen LogP contribution in [0.2, 0.25) is 0 Å². The number of hydrogen-bond acceptors (Lipinski definition) is 4. The number of carbonyl (C=O) groups is 2. The van der Waals surface area contributed by atoms with Crippen molar-refractivity contribution in [1.29, 1.82) is 0 Å². The highest BCUT2D eigenvalue weighted by molar-refractivity contribution is 5.92. The van der Waals surface area contributed by atoms with Crippen LogP contribution < -0.4 is 10.5 Å². The predicted molar refractivity (Wildman–Crippen MR) is 86.1 cm³/mol. The van der Waals surface area contributed by atoms with Crippen molar-refractivity contribution in [3.05, 3.63) is 29.8 Å². The first-order chi connectivity index (χ1) is 11.1. The molecule has 1 saturated heterocycles. The van der Waals surface area contributed by atoms with Gasteiger partial charge < -0.3 is 20.5 Å². The van der Waals surface area contributed by atoms with Gasteiger partial charge in [-0.25, -0.2) is 0 Å². The van der Waals surface area contributed by atoms with Gasteiger partial charge in [-0.15, -0.1) is 0 Å². The van der Waals surface area contributed by atoms with Crippen LogP contribution in [0.4, 0.5) is 0 Å². The van der Waals surface area contributed by atoms with Crippen molar-refractivity contribution in [3.63, 3.8) is 0 Å². The van der Waals surface area contributed by atoms with Gasteiger partial charge in [0.05, 0.1) is 13.0 Å². The number of nitrogens with zero attached hydrogens (tertiary/aromatic N) is 1. The van der Waals surface area contributed by atoms with E-state index in [1.54, 1.807) is 24.3 Å². The quantitative estimate of drug-likeness (QED) is 0.823. The lowest BCUT2D eigenvalue weighted by Gasteiger charge is -2.23. The van der Waals surface area contributed by atoms with Crippen molar-refractivity contribution in [2.75, 3.05) is 26.3 Å². The first kappa shape index (κ1) is 17.3. The molecule has 2 amide bonds. The molecule has 2 rings (SSSR count).